The molecule has 0 aromatic rings. The fourth-order valence-electron chi connectivity index (χ4n) is 4.83. The molecule has 0 radical (unpaired) electrons. The lowest BCUT2D eigenvalue weighted by molar-refractivity contribution is -0.141. The van der Waals surface area contributed by atoms with Crippen LogP contribution in [-0.2, 0) is 19.4 Å². The second-order valence-electron chi connectivity index (χ2n) is 9.25. The second-order valence-corrected chi connectivity index (χ2v) is 11.5. The fraction of sp³-hybridized carbons (Fsp3) is 0.850. The van der Waals surface area contributed by atoms with Crippen molar-refractivity contribution in [2.24, 2.45) is 11.8 Å². The number of hydrogen-bond acceptors (Lipinski definition) is 5. The first-order chi connectivity index (χ1) is 13.6. The number of carbonyl (C=O) groups excluding carboxylic acids is 3. The van der Waals surface area contributed by atoms with Gasteiger partial charge in [-0.25, -0.2) is 13.2 Å². The van der Waals surface area contributed by atoms with Crippen LogP contribution in [0.4, 0.5) is 4.79 Å². The average Bonchev–Trinajstić information content (AvgIpc) is 3.12. The number of nitrogens with one attached hydrogen (secondary N) is 1. The van der Waals surface area contributed by atoms with Crippen LogP contribution >= 0.6 is 0 Å². The summed E-state index contributed by atoms with van der Waals surface area (Å²) in [5, 5.41) is 2.85. The van der Waals surface area contributed by atoms with Crippen molar-refractivity contribution < 1.29 is 22.8 Å². The van der Waals surface area contributed by atoms with E-state index in [9.17, 15) is 22.8 Å². The van der Waals surface area contributed by atoms with Gasteiger partial charge in [-0.1, -0.05) is 27.2 Å². The van der Waals surface area contributed by atoms with Crippen molar-refractivity contribution >= 4 is 27.7 Å². The number of hydrogen-bond donors (Lipinski definition) is 1. The number of rotatable bonds is 6. The largest absolute Gasteiger partial charge is 0.337 e. The molecule has 8 nitrogen and oxygen atoms in total. The van der Waals surface area contributed by atoms with Crippen LogP contribution in [0.25, 0.3) is 0 Å². The molecule has 164 valence electrons. The van der Waals surface area contributed by atoms with Gasteiger partial charge in [-0.3, -0.25) is 14.5 Å². The second kappa shape index (κ2) is 8.24. The van der Waals surface area contributed by atoms with Gasteiger partial charge in [0.1, 0.15) is 12.1 Å². The van der Waals surface area contributed by atoms with Crippen LogP contribution in [0.5, 0.6) is 0 Å². The minimum absolute atomic E-state index is 0.0477. The number of imide groups is 1. The molecule has 1 atom stereocenters. The molecule has 0 unspecified atom stereocenters. The Kier molecular flexibility index (Phi) is 6.27. The molecule has 3 fully saturated rings. The van der Waals surface area contributed by atoms with Gasteiger partial charge < -0.3 is 10.2 Å². The smallest absolute Gasteiger partial charge is 0.325 e. The van der Waals surface area contributed by atoms with Crippen LogP contribution < -0.4 is 5.32 Å². The van der Waals surface area contributed by atoms with Gasteiger partial charge in [0, 0.05) is 12.6 Å². The van der Waals surface area contributed by atoms with E-state index in [0.717, 1.165) is 24.2 Å². The molecule has 29 heavy (non-hydrogen) atoms. The van der Waals surface area contributed by atoms with Crippen LogP contribution in [0, 0.1) is 11.8 Å². The van der Waals surface area contributed by atoms with Crippen molar-refractivity contribution in [1.29, 1.82) is 0 Å². The number of sulfone groups is 1. The third kappa shape index (κ3) is 4.59. The van der Waals surface area contributed by atoms with Crippen molar-refractivity contribution in [3.63, 3.8) is 0 Å². The standard InChI is InChI=1S/C20H33N3O5S/c1-4-15-5-8-20(9-6-15)18(25)23(19(26)21-20)12-17(24)22(11-14(2)3)16-7-10-29(27,28)13-16/h14-16H,4-13H2,1-3H3,(H,21,26)/t15?,16-,20?/m0/s1. The van der Waals surface area contributed by atoms with Crippen LogP contribution in [0.2, 0.25) is 0 Å². The third-order valence-electron chi connectivity index (χ3n) is 6.61. The zero-order valence-electron chi connectivity index (χ0n) is 17.6. The number of nitrogens with zero attached hydrogens (tertiary/aromatic N) is 2. The average molecular weight is 428 g/mol. The highest BCUT2D eigenvalue weighted by atomic mass is 32.2. The fourth-order valence-corrected chi connectivity index (χ4v) is 6.56. The van der Waals surface area contributed by atoms with Crippen LogP contribution in [0.3, 0.4) is 0 Å². The normalized spacial score (nSPS) is 31.5. The molecular formula is C20H33N3O5S. The molecule has 0 aromatic carbocycles. The zero-order chi connectivity index (χ0) is 21.4. The van der Waals surface area contributed by atoms with Gasteiger partial charge >= 0.3 is 6.03 Å². The summed E-state index contributed by atoms with van der Waals surface area (Å²) < 4.78 is 23.8. The van der Waals surface area contributed by atoms with Gasteiger partial charge in [-0.15, -0.1) is 0 Å². The Labute approximate surface area is 173 Å². The van der Waals surface area contributed by atoms with Gasteiger partial charge in [0.2, 0.25) is 5.91 Å². The van der Waals surface area contributed by atoms with Crippen molar-refractivity contribution in [3.05, 3.63) is 0 Å². The van der Waals surface area contributed by atoms with Crippen molar-refractivity contribution in [2.75, 3.05) is 24.6 Å². The minimum Gasteiger partial charge on any atom is -0.337 e. The summed E-state index contributed by atoms with van der Waals surface area (Å²) in [6, 6.07) is -0.897. The first-order valence-electron chi connectivity index (χ1n) is 10.7. The van der Waals surface area contributed by atoms with Crippen molar-refractivity contribution in [3.8, 4) is 0 Å². The van der Waals surface area contributed by atoms with Crippen molar-refractivity contribution in [1.82, 2.24) is 15.1 Å². The quantitative estimate of drug-likeness (QED) is 0.648. The van der Waals surface area contributed by atoms with Gasteiger partial charge in [0.25, 0.3) is 5.91 Å². The lowest BCUT2D eigenvalue weighted by atomic mass is 9.75. The lowest BCUT2D eigenvalue weighted by Crippen LogP contribution is -2.51. The molecule has 2 saturated heterocycles. The van der Waals surface area contributed by atoms with E-state index < -0.39 is 21.4 Å². The summed E-state index contributed by atoms with van der Waals surface area (Å²) >= 11 is 0. The Morgan fingerprint density at radius 2 is 1.90 bits per heavy atom. The van der Waals surface area contributed by atoms with E-state index in [4.69, 9.17) is 0 Å². The molecule has 2 heterocycles. The first kappa shape index (κ1) is 22.1. The topological polar surface area (TPSA) is 104 Å². The predicted octanol–water partition coefficient (Wildman–Crippen LogP) is 1.55. The van der Waals surface area contributed by atoms with Gasteiger partial charge in [0.15, 0.2) is 9.84 Å². The Morgan fingerprint density at radius 3 is 2.41 bits per heavy atom. The molecule has 0 bridgehead atoms. The Balaban J connectivity index is 1.71. The van der Waals surface area contributed by atoms with E-state index in [0.29, 0.717) is 31.7 Å². The summed E-state index contributed by atoms with van der Waals surface area (Å²) in [6.45, 7) is 6.13. The summed E-state index contributed by atoms with van der Waals surface area (Å²) in [7, 11) is -3.14. The van der Waals surface area contributed by atoms with E-state index in [2.05, 4.69) is 12.2 Å². The molecule has 4 amide bonds. The minimum atomic E-state index is -3.14. The molecule has 1 saturated carbocycles. The highest BCUT2D eigenvalue weighted by Gasteiger charge is 2.53. The van der Waals surface area contributed by atoms with Gasteiger partial charge in [-0.2, -0.15) is 0 Å². The summed E-state index contributed by atoms with van der Waals surface area (Å²) in [6.07, 6.45) is 4.47. The highest BCUT2D eigenvalue weighted by Crippen LogP contribution is 2.37. The monoisotopic (exact) mass is 427 g/mol. The molecule has 3 rings (SSSR count). The van der Waals surface area contributed by atoms with E-state index in [-0.39, 0.29) is 41.8 Å². The highest BCUT2D eigenvalue weighted by molar-refractivity contribution is 7.91. The van der Waals surface area contributed by atoms with E-state index in [1.165, 1.54) is 0 Å². The summed E-state index contributed by atoms with van der Waals surface area (Å²) in [5.74, 6) is 0.0867. The SMILES string of the molecule is CCC1CCC2(CC1)NC(=O)N(CC(=O)N(CC(C)C)[C@H]1CCS(=O)(=O)C1)C2=O. The molecule has 1 aliphatic carbocycles. The molecule has 1 spiro atoms. The molecule has 0 aromatic heterocycles. The van der Waals surface area contributed by atoms with E-state index in [1.54, 1.807) is 4.90 Å². The first-order valence-corrected chi connectivity index (χ1v) is 12.5. The predicted molar refractivity (Wildman–Crippen MR) is 109 cm³/mol. The number of amides is 4. The van der Waals surface area contributed by atoms with Gasteiger partial charge in [-0.05, 0) is 43.9 Å². The molecular weight excluding hydrogens is 394 g/mol. The molecule has 3 aliphatic rings. The Morgan fingerprint density at radius 1 is 1.24 bits per heavy atom. The third-order valence-corrected chi connectivity index (χ3v) is 8.36. The Hall–Kier alpha value is -1.64. The number of carbonyl (C=O) groups is 3. The molecule has 1 N–H and O–H groups in total. The summed E-state index contributed by atoms with van der Waals surface area (Å²) in [4.78, 5) is 41.3. The summed E-state index contributed by atoms with van der Waals surface area (Å²) in [5.41, 5.74) is -0.872. The Bertz CT molecular complexity index is 771. The van der Waals surface area contributed by atoms with Crippen LogP contribution in [-0.4, -0.2) is 72.2 Å². The zero-order valence-corrected chi connectivity index (χ0v) is 18.5. The van der Waals surface area contributed by atoms with Crippen LogP contribution in [0.1, 0.15) is 59.3 Å². The number of urea groups is 1. The van der Waals surface area contributed by atoms with Gasteiger partial charge in [0.05, 0.1) is 11.5 Å². The molecule has 9 heteroatoms. The van der Waals surface area contributed by atoms with Crippen molar-refractivity contribution in [2.45, 2.75) is 70.9 Å². The maximum absolute atomic E-state index is 13.1. The molecule has 2 aliphatic heterocycles. The maximum Gasteiger partial charge on any atom is 0.325 e. The van der Waals surface area contributed by atoms with Crippen LogP contribution in [0.15, 0.2) is 0 Å². The maximum atomic E-state index is 13.1. The lowest BCUT2D eigenvalue weighted by Gasteiger charge is -2.35. The van der Waals surface area contributed by atoms with E-state index in [1.807, 2.05) is 13.8 Å². The van der Waals surface area contributed by atoms with E-state index >= 15 is 0 Å².